The van der Waals surface area contributed by atoms with Crippen LogP contribution < -0.4 is 0 Å². The molecule has 1 aliphatic rings. The van der Waals surface area contributed by atoms with Crippen LogP contribution in [0.4, 0.5) is 0 Å². The van der Waals surface area contributed by atoms with Crippen molar-refractivity contribution < 1.29 is 9.53 Å². The van der Waals surface area contributed by atoms with Crippen LogP contribution in [0, 0.1) is 0 Å². The molecule has 1 fully saturated rings. The molecule has 25 heavy (non-hydrogen) atoms. The summed E-state index contributed by atoms with van der Waals surface area (Å²) < 4.78 is 7.62. The Morgan fingerprint density at radius 1 is 0.920 bits per heavy atom. The number of aromatic nitrogens is 1. The number of fused-ring (bicyclic) bond motifs is 1. The molecule has 0 amide bonds. The minimum absolute atomic E-state index is 0.0851. The maximum Gasteiger partial charge on any atom is 0.195 e. The summed E-state index contributed by atoms with van der Waals surface area (Å²) in [5.74, 6) is 0.0851. The van der Waals surface area contributed by atoms with Crippen LogP contribution >= 0.6 is 0 Å². The van der Waals surface area contributed by atoms with E-state index in [-0.39, 0.29) is 5.78 Å². The Bertz CT molecular complexity index is 864. The molecule has 0 bridgehead atoms. The standard InChI is InChI=1S/C21H22N2O2/c24-21(17-6-2-1-3-7-17)19-16-23(20-9-5-4-8-18(19)20)11-10-22-12-14-25-15-13-22/h1-9,16H,10-15H2. The molecule has 3 aromatic rings. The SMILES string of the molecule is O=C(c1ccccc1)c1cn(CCN2CCOCC2)c2ccccc12. The Balaban J connectivity index is 1.63. The van der Waals surface area contributed by atoms with Gasteiger partial charge in [0.05, 0.1) is 13.2 Å². The van der Waals surface area contributed by atoms with Gasteiger partial charge in [0.15, 0.2) is 5.78 Å². The zero-order chi connectivity index (χ0) is 17.1. The van der Waals surface area contributed by atoms with E-state index < -0.39 is 0 Å². The summed E-state index contributed by atoms with van der Waals surface area (Å²) >= 11 is 0. The normalized spacial score (nSPS) is 15.5. The van der Waals surface area contributed by atoms with E-state index in [0.717, 1.165) is 61.4 Å². The third kappa shape index (κ3) is 3.36. The van der Waals surface area contributed by atoms with Crippen molar-refractivity contribution in [3.05, 3.63) is 71.9 Å². The number of benzene rings is 2. The highest BCUT2D eigenvalue weighted by Crippen LogP contribution is 2.24. The number of morpholine rings is 1. The quantitative estimate of drug-likeness (QED) is 0.672. The first kappa shape index (κ1) is 16.1. The molecule has 4 rings (SSSR count). The Morgan fingerprint density at radius 3 is 2.44 bits per heavy atom. The van der Waals surface area contributed by atoms with Crippen molar-refractivity contribution in [2.45, 2.75) is 6.54 Å². The summed E-state index contributed by atoms with van der Waals surface area (Å²) in [7, 11) is 0. The molecule has 0 spiro atoms. The Labute approximate surface area is 147 Å². The van der Waals surface area contributed by atoms with E-state index in [4.69, 9.17) is 4.74 Å². The van der Waals surface area contributed by atoms with Crippen molar-refractivity contribution in [3.8, 4) is 0 Å². The molecule has 0 saturated carbocycles. The van der Waals surface area contributed by atoms with Crippen LogP contribution in [0.25, 0.3) is 10.9 Å². The molecule has 0 atom stereocenters. The summed E-state index contributed by atoms with van der Waals surface area (Å²) in [6.45, 7) is 5.43. The van der Waals surface area contributed by atoms with Gasteiger partial charge in [-0.3, -0.25) is 9.69 Å². The number of ether oxygens (including phenoxy) is 1. The number of hydrogen-bond donors (Lipinski definition) is 0. The van der Waals surface area contributed by atoms with Crippen molar-refractivity contribution in [1.82, 2.24) is 9.47 Å². The van der Waals surface area contributed by atoms with Gasteiger partial charge in [-0.05, 0) is 6.07 Å². The average Bonchev–Trinajstić information content (AvgIpc) is 3.06. The fraction of sp³-hybridized carbons (Fsp3) is 0.286. The fourth-order valence-corrected chi connectivity index (χ4v) is 3.43. The molecule has 1 aromatic heterocycles. The van der Waals surface area contributed by atoms with Crippen molar-refractivity contribution in [2.24, 2.45) is 0 Å². The van der Waals surface area contributed by atoms with E-state index in [9.17, 15) is 4.79 Å². The minimum atomic E-state index is 0.0851. The molecule has 2 aromatic carbocycles. The Hall–Kier alpha value is -2.43. The molecule has 0 radical (unpaired) electrons. The second kappa shape index (κ2) is 7.21. The van der Waals surface area contributed by atoms with E-state index >= 15 is 0 Å². The van der Waals surface area contributed by atoms with Gasteiger partial charge in [0.1, 0.15) is 0 Å². The highest BCUT2D eigenvalue weighted by atomic mass is 16.5. The number of carbonyl (C=O) groups excluding carboxylic acids is 1. The smallest absolute Gasteiger partial charge is 0.195 e. The molecule has 0 unspecified atom stereocenters. The second-order valence-corrected chi connectivity index (χ2v) is 6.40. The molecule has 0 aliphatic carbocycles. The van der Waals surface area contributed by atoms with Crippen LogP contribution in [0.15, 0.2) is 60.8 Å². The molecule has 0 N–H and O–H groups in total. The number of rotatable bonds is 5. The molecule has 128 valence electrons. The van der Waals surface area contributed by atoms with Gasteiger partial charge in [-0.1, -0.05) is 48.5 Å². The number of nitrogens with zero attached hydrogens (tertiary/aromatic N) is 2. The van der Waals surface area contributed by atoms with Crippen LogP contribution in [0.2, 0.25) is 0 Å². The van der Waals surface area contributed by atoms with Gasteiger partial charge in [-0.25, -0.2) is 0 Å². The van der Waals surface area contributed by atoms with Gasteiger partial charge < -0.3 is 9.30 Å². The number of ketones is 1. The van der Waals surface area contributed by atoms with Crippen LogP contribution in [-0.2, 0) is 11.3 Å². The molecule has 4 heteroatoms. The monoisotopic (exact) mass is 334 g/mol. The van der Waals surface area contributed by atoms with Crippen molar-refractivity contribution in [1.29, 1.82) is 0 Å². The summed E-state index contributed by atoms with van der Waals surface area (Å²) in [6, 6.07) is 17.7. The van der Waals surface area contributed by atoms with Crippen molar-refractivity contribution in [3.63, 3.8) is 0 Å². The number of hydrogen-bond acceptors (Lipinski definition) is 3. The second-order valence-electron chi connectivity index (χ2n) is 6.40. The summed E-state index contributed by atoms with van der Waals surface area (Å²) in [6.07, 6.45) is 2.01. The molecular weight excluding hydrogens is 312 g/mol. The van der Waals surface area contributed by atoms with E-state index in [1.165, 1.54) is 0 Å². The van der Waals surface area contributed by atoms with Crippen LogP contribution in [0.3, 0.4) is 0 Å². The first-order valence-corrected chi connectivity index (χ1v) is 8.80. The van der Waals surface area contributed by atoms with Crippen LogP contribution in [0.1, 0.15) is 15.9 Å². The van der Waals surface area contributed by atoms with E-state index in [1.54, 1.807) is 0 Å². The molecule has 4 nitrogen and oxygen atoms in total. The van der Waals surface area contributed by atoms with Gasteiger partial charge in [-0.2, -0.15) is 0 Å². The van der Waals surface area contributed by atoms with Gasteiger partial charge in [-0.15, -0.1) is 0 Å². The minimum Gasteiger partial charge on any atom is -0.379 e. The van der Waals surface area contributed by atoms with Gasteiger partial charge >= 0.3 is 0 Å². The predicted octanol–water partition coefficient (Wildman–Crippen LogP) is 3.20. The third-order valence-electron chi connectivity index (χ3n) is 4.83. The summed E-state index contributed by atoms with van der Waals surface area (Å²) in [5.41, 5.74) is 2.64. The van der Waals surface area contributed by atoms with E-state index in [1.807, 2.05) is 54.7 Å². The lowest BCUT2D eigenvalue weighted by molar-refractivity contribution is 0.0365. The highest BCUT2D eigenvalue weighted by Gasteiger charge is 2.17. The maximum absolute atomic E-state index is 12.9. The fourth-order valence-electron chi connectivity index (χ4n) is 3.43. The molecule has 1 aliphatic heterocycles. The van der Waals surface area contributed by atoms with Gasteiger partial charge in [0.25, 0.3) is 0 Å². The lowest BCUT2D eigenvalue weighted by atomic mass is 10.0. The van der Waals surface area contributed by atoms with Crippen LogP contribution in [0.5, 0.6) is 0 Å². The first-order valence-electron chi connectivity index (χ1n) is 8.80. The van der Waals surface area contributed by atoms with E-state index in [2.05, 4.69) is 15.5 Å². The molecular formula is C21H22N2O2. The highest BCUT2D eigenvalue weighted by molar-refractivity contribution is 6.16. The summed E-state index contributed by atoms with van der Waals surface area (Å²) in [5, 5.41) is 1.03. The maximum atomic E-state index is 12.9. The van der Waals surface area contributed by atoms with Crippen LogP contribution in [-0.4, -0.2) is 48.1 Å². The average molecular weight is 334 g/mol. The lowest BCUT2D eigenvalue weighted by Gasteiger charge is -2.26. The largest absolute Gasteiger partial charge is 0.379 e. The lowest BCUT2D eigenvalue weighted by Crippen LogP contribution is -2.38. The predicted molar refractivity (Wildman–Crippen MR) is 99.1 cm³/mol. The summed E-state index contributed by atoms with van der Waals surface area (Å²) in [4.78, 5) is 15.4. The Morgan fingerprint density at radius 2 is 1.64 bits per heavy atom. The first-order chi connectivity index (χ1) is 12.3. The zero-order valence-electron chi connectivity index (χ0n) is 14.2. The zero-order valence-corrected chi connectivity index (χ0v) is 14.2. The number of carbonyl (C=O) groups is 1. The third-order valence-corrected chi connectivity index (χ3v) is 4.83. The topological polar surface area (TPSA) is 34.5 Å². The van der Waals surface area contributed by atoms with Crippen molar-refractivity contribution in [2.75, 3.05) is 32.8 Å². The Kier molecular flexibility index (Phi) is 4.63. The van der Waals surface area contributed by atoms with E-state index in [0.29, 0.717) is 0 Å². The molecule has 1 saturated heterocycles. The molecule has 2 heterocycles. The van der Waals surface area contributed by atoms with Crippen molar-refractivity contribution >= 4 is 16.7 Å². The number of para-hydroxylation sites is 1. The van der Waals surface area contributed by atoms with Gasteiger partial charge in [0, 0.05) is 54.4 Å². The van der Waals surface area contributed by atoms with Gasteiger partial charge in [0.2, 0.25) is 0 Å².